The zero-order chi connectivity index (χ0) is 13.1. The van der Waals surface area contributed by atoms with Crippen molar-refractivity contribution in [2.24, 2.45) is 5.11 Å². The Morgan fingerprint density at radius 2 is 2.39 bits per heavy atom. The standard InChI is InChI=1S/C10H11N5O3/c1-6(13-14-11)7-2-3-9(18-7)15-5-4-8(16)12-10(15)17/h4-5,7,9H,1-3H2,(H,12,16,17)/t7-,9-/m1/s1. The topological polar surface area (TPSA) is 113 Å². The number of aromatic nitrogens is 2. The number of hydrogen-bond donors (Lipinski definition) is 1. The molecule has 0 saturated carbocycles. The van der Waals surface area contributed by atoms with Crippen LogP contribution in [0.25, 0.3) is 10.4 Å². The van der Waals surface area contributed by atoms with Crippen LogP contribution in [0.5, 0.6) is 0 Å². The Balaban J connectivity index is 2.18. The van der Waals surface area contributed by atoms with E-state index in [1.54, 1.807) is 0 Å². The highest BCUT2D eigenvalue weighted by atomic mass is 16.5. The van der Waals surface area contributed by atoms with Crippen molar-refractivity contribution in [2.45, 2.75) is 25.2 Å². The average Bonchev–Trinajstić information content (AvgIpc) is 2.78. The van der Waals surface area contributed by atoms with Crippen LogP contribution in [-0.4, -0.2) is 15.7 Å². The number of hydrogen-bond acceptors (Lipinski definition) is 4. The number of nitrogens with one attached hydrogen (secondary N) is 1. The van der Waals surface area contributed by atoms with Gasteiger partial charge in [-0.2, -0.15) is 0 Å². The molecule has 1 aliphatic rings. The van der Waals surface area contributed by atoms with Gasteiger partial charge in [0.15, 0.2) is 0 Å². The smallest absolute Gasteiger partial charge is 0.330 e. The minimum absolute atomic E-state index is 0.289. The summed E-state index contributed by atoms with van der Waals surface area (Å²) in [6.07, 6.45) is 1.68. The van der Waals surface area contributed by atoms with Crippen LogP contribution in [-0.2, 0) is 4.74 Å². The molecule has 2 heterocycles. The van der Waals surface area contributed by atoms with Gasteiger partial charge in [0.25, 0.3) is 5.56 Å². The fourth-order valence-corrected chi connectivity index (χ4v) is 1.85. The van der Waals surface area contributed by atoms with Crippen LogP contribution < -0.4 is 11.2 Å². The van der Waals surface area contributed by atoms with Crippen LogP contribution >= 0.6 is 0 Å². The number of aromatic amines is 1. The Morgan fingerprint density at radius 1 is 1.61 bits per heavy atom. The second-order valence-corrected chi connectivity index (χ2v) is 3.85. The van der Waals surface area contributed by atoms with Crippen molar-refractivity contribution in [3.63, 3.8) is 0 Å². The third-order valence-electron chi connectivity index (χ3n) is 2.70. The molecule has 2 atom stereocenters. The maximum Gasteiger partial charge on any atom is 0.330 e. The fourth-order valence-electron chi connectivity index (χ4n) is 1.85. The van der Waals surface area contributed by atoms with E-state index in [2.05, 4.69) is 21.6 Å². The Hall–Kier alpha value is -2.31. The van der Waals surface area contributed by atoms with Crippen molar-refractivity contribution in [1.82, 2.24) is 9.55 Å². The first-order valence-corrected chi connectivity index (χ1v) is 5.32. The van der Waals surface area contributed by atoms with E-state index in [1.165, 1.54) is 16.8 Å². The minimum Gasteiger partial charge on any atom is -0.350 e. The molecule has 0 bridgehead atoms. The first-order chi connectivity index (χ1) is 8.61. The van der Waals surface area contributed by atoms with Crippen molar-refractivity contribution >= 4 is 0 Å². The fraction of sp³-hybridized carbons (Fsp3) is 0.400. The molecule has 94 valence electrons. The Bertz CT molecular complexity index is 625. The molecule has 0 aliphatic carbocycles. The molecule has 1 fully saturated rings. The molecule has 0 amide bonds. The van der Waals surface area contributed by atoms with Crippen LogP contribution in [0.1, 0.15) is 19.1 Å². The van der Waals surface area contributed by atoms with Gasteiger partial charge in [-0.1, -0.05) is 11.7 Å². The van der Waals surface area contributed by atoms with Gasteiger partial charge in [0.2, 0.25) is 0 Å². The largest absolute Gasteiger partial charge is 0.350 e. The van der Waals surface area contributed by atoms with E-state index < -0.39 is 23.6 Å². The van der Waals surface area contributed by atoms with Gasteiger partial charge in [0.1, 0.15) is 6.23 Å². The molecule has 8 nitrogen and oxygen atoms in total. The zero-order valence-corrected chi connectivity index (χ0v) is 9.44. The Labute approximate surface area is 101 Å². The van der Waals surface area contributed by atoms with Crippen molar-refractivity contribution < 1.29 is 4.74 Å². The molecule has 1 aromatic rings. The summed E-state index contributed by atoms with van der Waals surface area (Å²) < 4.78 is 6.86. The van der Waals surface area contributed by atoms with Crippen LogP contribution in [0, 0.1) is 0 Å². The summed E-state index contributed by atoms with van der Waals surface area (Å²) in [6, 6.07) is 1.25. The lowest BCUT2D eigenvalue weighted by molar-refractivity contribution is 0.0150. The SMILES string of the molecule is C=C(N=[N+]=[N-])[C@H]1CC[C@H](n2ccc(=O)[nH]c2=O)O1. The highest BCUT2D eigenvalue weighted by molar-refractivity contribution is 5.03. The lowest BCUT2D eigenvalue weighted by Crippen LogP contribution is -2.31. The van der Waals surface area contributed by atoms with Crippen molar-refractivity contribution in [3.05, 3.63) is 55.8 Å². The molecule has 1 aliphatic heterocycles. The zero-order valence-electron chi connectivity index (χ0n) is 9.44. The molecule has 2 rings (SSSR count). The molecule has 1 aromatic heterocycles. The summed E-state index contributed by atoms with van der Waals surface area (Å²) >= 11 is 0. The maximum absolute atomic E-state index is 11.6. The van der Waals surface area contributed by atoms with Gasteiger partial charge in [-0.15, -0.1) is 0 Å². The van der Waals surface area contributed by atoms with E-state index in [4.69, 9.17) is 10.3 Å². The molecular formula is C10H11N5O3. The first-order valence-electron chi connectivity index (χ1n) is 5.32. The molecule has 0 radical (unpaired) electrons. The van der Waals surface area contributed by atoms with Gasteiger partial charge in [0.05, 0.1) is 6.10 Å². The van der Waals surface area contributed by atoms with Crippen LogP contribution in [0.2, 0.25) is 0 Å². The van der Waals surface area contributed by atoms with Gasteiger partial charge >= 0.3 is 5.69 Å². The predicted molar refractivity (Wildman–Crippen MR) is 62.8 cm³/mol. The van der Waals surface area contributed by atoms with Crippen LogP contribution in [0.3, 0.4) is 0 Å². The third-order valence-corrected chi connectivity index (χ3v) is 2.70. The van der Waals surface area contributed by atoms with Crippen molar-refractivity contribution in [2.75, 3.05) is 0 Å². The number of ether oxygens (including phenoxy) is 1. The number of rotatable bonds is 3. The van der Waals surface area contributed by atoms with Crippen LogP contribution in [0.15, 0.2) is 39.2 Å². The lowest BCUT2D eigenvalue weighted by atomic mass is 10.2. The molecule has 1 saturated heterocycles. The van der Waals surface area contributed by atoms with E-state index in [1.807, 2.05) is 0 Å². The summed E-state index contributed by atoms with van der Waals surface area (Å²) in [4.78, 5) is 27.3. The third kappa shape index (κ3) is 2.34. The second-order valence-electron chi connectivity index (χ2n) is 3.85. The number of azide groups is 1. The molecule has 18 heavy (non-hydrogen) atoms. The van der Waals surface area contributed by atoms with Gasteiger partial charge in [0, 0.05) is 22.9 Å². The second kappa shape index (κ2) is 4.91. The minimum atomic E-state index is -0.525. The highest BCUT2D eigenvalue weighted by Gasteiger charge is 2.28. The van der Waals surface area contributed by atoms with Crippen molar-refractivity contribution in [3.8, 4) is 0 Å². The summed E-state index contributed by atoms with van der Waals surface area (Å²) in [5, 5.41) is 3.39. The van der Waals surface area contributed by atoms with E-state index >= 15 is 0 Å². The molecule has 8 heteroatoms. The normalized spacial score (nSPS) is 22.4. The number of nitrogens with zero attached hydrogens (tertiary/aromatic N) is 4. The maximum atomic E-state index is 11.6. The van der Waals surface area contributed by atoms with Gasteiger partial charge in [-0.25, -0.2) is 4.79 Å². The van der Waals surface area contributed by atoms with E-state index in [9.17, 15) is 9.59 Å². The molecule has 1 N–H and O–H groups in total. The Kier molecular flexibility index (Phi) is 3.31. The van der Waals surface area contributed by atoms with Crippen molar-refractivity contribution in [1.29, 1.82) is 0 Å². The molecule has 0 spiro atoms. The van der Waals surface area contributed by atoms with E-state index in [0.29, 0.717) is 12.8 Å². The van der Waals surface area contributed by atoms with Gasteiger partial charge in [-0.05, 0) is 18.4 Å². The quantitative estimate of drug-likeness (QED) is 0.490. The number of H-pyrrole nitrogens is 1. The van der Waals surface area contributed by atoms with Gasteiger partial charge in [-0.3, -0.25) is 14.3 Å². The summed E-state index contributed by atoms with van der Waals surface area (Å²) in [7, 11) is 0. The molecule has 0 unspecified atom stereocenters. The highest BCUT2D eigenvalue weighted by Crippen LogP contribution is 2.30. The van der Waals surface area contributed by atoms with Gasteiger partial charge < -0.3 is 4.74 Å². The Morgan fingerprint density at radius 3 is 3.06 bits per heavy atom. The van der Waals surface area contributed by atoms with Crippen LogP contribution in [0.4, 0.5) is 0 Å². The lowest BCUT2D eigenvalue weighted by Gasteiger charge is -2.15. The first kappa shape index (κ1) is 12.2. The predicted octanol–water partition coefficient (Wildman–Crippen LogP) is 1.04. The molecular weight excluding hydrogens is 238 g/mol. The average molecular weight is 249 g/mol. The van der Waals surface area contributed by atoms with E-state index in [-0.39, 0.29) is 5.70 Å². The van der Waals surface area contributed by atoms with E-state index in [0.717, 1.165) is 0 Å². The molecule has 0 aromatic carbocycles. The summed E-state index contributed by atoms with van der Waals surface area (Å²) in [6.45, 7) is 3.60. The summed E-state index contributed by atoms with van der Waals surface area (Å²) in [5.41, 5.74) is 7.61. The monoisotopic (exact) mass is 249 g/mol. The summed E-state index contributed by atoms with van der Waals surface area (Å²) in [5.74, 6) is 0.